The maximum atomic E-state index is 5.89. The van der Waals surface area contributed by atoms with Crippen molar-refractivity contribution in [3.8, 4) is 11.3 Å². The molecule has 0 atom stereocenters. The van der Waals surface area contributed by atoms with Crippen molar-refractivity contribution < 1.29 is 0 Å². The molecule has 5 nitrogen and oxygen atoms in total. The van der Waals surface area contributed by atoms with Crippen molar-refractivity contribution in [2.24, 2.45) is 0 Å². The van der Waals surface area contributed by atoms with Crippen molar-refractivity contribution in [3.05, 3.63) is 47.4 Å². The van der Waals surface area contributed by atoms with Gasteiger partial charge in [-0.25, -0.2) is 15.0 Å². The monoisotopic (exact) mass is 257 g/mol. The Bertz CT molecular complexity index is 644. The Kier molecular flexibility index (Phi) is 2.77. The molecule has 3 heterocycles. The van der Waals surface area contributed by atoms with Crippen molar-refractivity contribution >= 4 is 17.2 Å². The molecule has 0 unspecified atom stereocenters. The summed E-state index contributed by atoms with van der Waals surface area (Å²) >= 11 is 1.58. The van der Waals surface area contributed by atoms with E-state index in [1.54, 1.807) is 30.1 Å². The number of thiazole rings is 1. The predicted molar refractivity (Wildman–Crippen MR) is 71.1 cm³/mol. The van der Waals surface area contributed by atoms with E-state index in [2.05, 4.69) is 15.0 Å². The summed E-state index contributed by atoms with van der Waals surface area (Å²) in [4.78, 5) is 12.5. The molecule has 0 spiro atoms. The first kappa shape index (κ1) is 10.9. The van der Waals surface area contributed by atoms with Gasteiger partial charge in [-0.05, 0) is 12.1 Å². The Balaban J connectivity index is 1.99. The van der Waals surface area contributed by atoms with Crippen LogP contribution in [0.25, 0.3) is 11.3 Å². The van der Waals surface area contributed by atoms with E-state index in [9.17, 15) is 0 Å². The third kappa shape index (κ3) is 1.98. The zero-order valence-electron chi connectivity index (χ0n) is 9.52. The molecule has 18 heavy (non-hydrogen) atoms. The lowest BCUT2D eigenvalue weighted by Gasteiger charge is -2.08. The molecule has 0 saturated heterocycles. The van der Waals surface area contributed by atoms with E-state index in [-0.39, 0.29) is 0 Å². The second-order valence-electron chi connectivity index (χ2n) is 3.82. The standard InChI is InChI=1S/C12H11N5S/c13-12-10(2-1-3-15-12)11-4-14-7-17(11)5-9-6-18-8-16-9/h1-4,6-8H,5H2,(H2,13,15). The second-order valence-corrected chi connectivity index (χ2v) is 4.54. The number of rotatable bonds is 3. The summed E-state index contributed by atoms with van der Waals surface area (Å²) in [6.45, 7) is 0.688. The number of nitrogen functional groups attached to an aromatic ring is 1. The molecule has 0 aliphatic heterocycles. The Morgan fingerprint density at radius 2 is 2.28 bits per heavy atom. The molecule has 0 saturated carbocycles. The fourth-order valence-corrected chi connectivity index (χ4v) is 2.34. The molecule has 0 aliphatic carbocycles. The summed E-state index contributed by atoms with van der Waals surface area (Å²) < 4.78 is 2.02. The van der Waals surface area contributed by atoms with E-state index in [0.29, 0.717) is 12.4 Å². The van der Waals surface area contributed by atoms with Crippen LogP contribution in [0.5, 0.6) is 0 Å². The van der Waals surface area contributed by atoms with E-state index < -0.39 is 0 Å². The van der Waals surface area contributed by atoms with E-state index in [1.807, 2.05) is 27.6 Å². The third-order valence-electron chi connectivity index (χ3n) is 2.64. The van der Waals surface area contributed by atoms with Crippen LogP contribution in [-0.4, -0.2) is 19.5 Å². The van der Waals surface area contributed by atoms with Crippen molar-refractivity contribution in [1.82, 2.24) is 19.5 Å². The van der Waals surface area contributed by atoms with Crippen LogP contribution in [0.3, 0.4) is 0 Å². The zero-order chi connectivity index (χ0) is 12.4. The minimum absolute atomic E-state index is 0.512. The van der Waals surface area contributed by atoms with E-state index in [1.165, 1.54) is 0 Å². The SMILES string of the molecule is Nc1ncccc1-c1cncn1Cc1cscn1. The first-order valence-electron chi connectivity index (χ1n) is 5.42. The fraction of sp³-hybridized carbons (Fsp3) is 0.0833. The predicted octanol–water partition coefficient (Wildman–Crippen LogP) is 2.03. The van der Waals surface area contributed by atoms with Gasteiger partial charge in [0, 0.05) is 17.1 Å². The number of nitrogens with zero attached hydrogens (tertiary/aromatic N) is 4. The molecule has 0 aromatic carbocycles. The second kappa shape index (κ2) is 4.58. The van der Waals surface area contributed by atoms with Crippen LogP contribution in [0.2, 0.25) is 0 Å². The first-order chi connectivity index (χ1) is 8.84. The quantitative estimate of drug-likeness (QED) is 0.779. The average molecular weight is 257 g/mol. The normalized spacial score (nSPS) is 10.7. The largest absolute Gasteiger partial charge is 0.383 e. The average Bonchev–Trinajstić information content (AvgIpc) is 3.02. The maximum Gasteiger partial charge on any atom is 0.132 e. The fourth-order valence-electron chi connectivity index (χ4n) is 1.80. The number of hydrogen-bond donors (Lipinski definition) is 1. The van der Waals surface area contributed by atoms with Gasteiger partial charge in [-0.3, -0.25) is 0 Å². The minimum atomic E-state index is 0.512. The van der Waals surface area contributed by atoms with Gasteiger partial charge < -0.3 is 10.3 Å². The molecule has 0 radical (unpaired) electrons. The molecule has 0 fully saturated rings. The molecule has 3 aromatic rings. The molecule has 0 amide bonds. The van der Waals surface area contributed by atoms with Crippen LogP contribution in [0.1, 0.15) is 5.69 Å². The molecule has 6 heteroatoms. The molecule has 0 aliphatic rings. The van der Waals surface area contributed by atoms with Crippen LogP contribution in [-0.2, 0) is 6.54 Å². The Labute approximate surface area is 108 Å². The smallest absolute Gasteiger partial charge is 0.132 e. The van der Waals surface area contributed by atoms with Crippen LogP contribution in [0.4, 0.5) is 5.82 Å². The summed E-state index contributed by atoms with van der Waals surface area (Å²) in [5.74, 6) is 0.512. The van der Waals surface area contributed by atoms with Crippen LogP contribution in [0.15, 0.2) is 41.7 Å². The van der Waals surface area contributed by atoms with Crippen LogP contribution < -0.4 is 5.73 Å². The molecule has 90 valence electrons. The highest BCUT2D eigenvalue weighted by atomic mass is 32.1. The summed E-state index contributed by atoms with van der Waals surface area (Å²) in [7, 11) is 0. The van der Waals surface area contributed by atoms with Gasteiger partial charge in [0.1, 0.15) is 5.82 Å². The lowest BCUT2D eigenvalue weighted by atomic mass is 10.2. The summed E-state index contributed by atoms with van der Waals surface area (Å²) in [6.07, 6.45) is 5.25. The first-order valence-corrected chi connectivity index (χ1v) is 6.37. The van der Waals surface area contributed by atoms with Gasteiger partial charge in [-0.2, -0.15) is 0 Å². The number of aromatic nitrogens is 4. The van der Waals surface area contributed by atoms with Crippen molar-refractivity contribution in [2.45, 2.75) is 6.54 Å². The van der Waals surface area contributed by atoms with Crippen LogP contribution >= 0.6 is 11.3 Å². The molecule has 3 rings (SSSR count). The van der Waals surface area contributed by atoms with Gasteiger partial charge in [0.05, 0.1) is 36.0 Å². The molecule has 3 aromatic heterocycles. The summed E-state index contributed by atoms with van der Waals surface area (Å²) in [6, 6.07) is 3.81. The number of nitrogens with two attached hydrogens (primary N) is 1. The Morgan fingerprint density at radius 1 is 1.33 bits per heavy atom. The zero-order valence-corrected chi connectivity index (χ0v) is 10.3. The van der Waals surface area contributed by atoms with Crippen LogP contribution in [0, 0.1) is 0 Å². The molecule has 2 N–H and O–H groups in total. The highest BCUT2D eigenvalue weighted by Gasteiger charge is 2.09. The third-order valence-corrected chi connectivity index (χ3v) is 3.28. The van der Waals surface area contributed by atoms with Crippen molar-refractivity contribution in [2.75, 3.05) is 5.73 Å². The lowest BCUT2D eigenvalue weighted by molar-refractivity contribution is 0.785. The summed E-state index contributed by atoms with van der Waals surface area (Å²) in [5.41, 5.74) is 10.6. The van der Waals surface area contributed by atoms with E-state index in [4.69, 9.17) is 5.73 Å². The van der Waals surface area contributed by atoms with Gasteiger partial charge >= 0.3 is 0 Å². The minimum Gasteiger partial charge on any atom is -0.383 e. The van der Waals surface area contributed by atoms with E-state index >= 15 is 0 Å². The Morgan fingerprint density at radius 3 is 3.06 bits per heavy atom. The number of imidazole rings is 1. The Hall–Kier alpha value is -2.21. The van der Waals surface area contributed by atoms with Gasteiger partial charge in [0.2, 0.25) is 0 Å². The highest BCUT2D eigenvalue weighted by Crippen LogP contribution is 2.23. The number of hydrogen-bond acceptors (Lipinski definition) is 5. The van der Waals surface area contributed by atoms with Crippen molar-refractivity contribution in [3.63, 3.8) is 0 Å². The number of anilines is 1. The molecular weight excluding hydrogens is 246 g/mol. The van der Waals surface area contributed by atoms with Gasteiger partial charge in [-0.1, -0.05) is 0 Å². The highest BCUT2D eigenvalue weighted by molar-refractivity contribution is 7.07. The lowest BCUT2D eigenvalue weighted by Crippen LogP contribution is -2.02. The van der Waals surface area contributed by atoms with Crippen molar-refractivity contribution in [1.29, 1.82) is 0 Å². The van der Waals surface area contributed by atoms with Gasteiger partial charge in [0.25, 0.3) is 0 Å². The summed E-state index contributed by atoms with van der Waals surface area (Å²) in [5, 5.41) is 2.02. The molecular formula is C12H11N5S. The topological polar surface area (TPSA) is 69.6 Å². The maximum absolute atomic E-state index is 5.89. The van der Waals surface area contributed by atoms with Gasteiger partial charge in [-0.15, -0.1) is 11.3 Å². The molecule has 0 bridgehead atoms. The van der Waals surface area contributed by atoms with E-state index in [0.717, 1.165) is 17.0 Å². The van der Waals surface area contributed by atoms with Gasteiger partial charge in [0.15, 0.2) is 0 Å². The number of pyridine rings is 1.